The molecule has 7 aliphatic rings. The molecule has 1 saturated carbocycles. The van der Waals surface area contributed by atoms with E-state index in [2.05, 4.69) is 16.1 Å². The van der Waals surface area contributed by atoms with Crippen molar-refractivity contribution in [1.29, 1.82) is 0 Å². The van der Waals surface area contributed by atoms with Crippen LogP contribution in [0.25, 0.3) is 0 Å². The first-order valence-corrected chi connectivity index (χ1v) is 29.8. The maximum atomic E-state index is 14.4. The van der Waals surface area contributed by atoms with Crippen molar-refractivity contribution in [3.8, 4) is 17.2 Å². The lowest BCUT2D eigenvalue weighted by molar-refractivity contribution is -0.343. The van der Waals surface area contributed by atoms with Crippen molar-refractivity contribution in [3.05, 3.63) is 61.7 Å². The number of halogens is 1. The second-order valence-corrected chi connectivity index (χ2v) is 24.6. The predicted molar refractivity (Wildman–Crippen MR) is 298 cm³/mol. The number of fused-ring (bicyclic) bond motifs is 2. The van der Waals surface area contributed by atoms with E-state index in [1.54, 1.807) is 59.1 Å². The second-order valence-electron chi connectivity index (χ2n) is 21.1. The van der Waals surface area contributed by atoms with E-state index in [-0.39, 0.29) is 60.8 Å². The lowest BCUT2D eigenvalue weighted by Gasteiger charge is -2.57. The topological polar surface area (TPSA) is 308 Å². The molecule has 24 nitrogen and oxygen atoms in total. The molecule has 2 aromatic rings. The summed E-state index contributed by atoms with van der Waals surface area (Å²) in [5.74, 6) is 0.149. The molecule has 1 amide bonds. The minimum Gasteiger partial charge on any atom is -0.492 e. The number of nitrogens with one attached hydrogen (secondary N) is 3. The largest absolute Gasteiger partial charge is 0.492 e. The van der Waals surface area contributed by atoms with Crippen molar-refractivity contribution in [1.82, 2.24) is 16.1 Å². The van der Waals surface area contributed by atoms with Gasteiger partial charge in [0.05, 0.1) is 89.7 Å². The molecule has 0 spiro atoms. The Balaban J connectivity index is 0.929. The van der Waals surface area contributed by atoms with Gasteiger partial charge >= 0.3 is 6.09 Å². The van der Waals surface area contributed by atoms with Crippen LogP contribution in [0, 0.1) is 10.5 Å². The van der Waals surface area contributed by atoms with Gasteiger partial charge in [-0.05, 0) is 79.1 Å². The van der Waals surface area contributed by atoms with Gasteiger partial charge in [-0.2, -0.15) is 5.48 Å². The third kappa shape index (κ3) is 11.6. The molecule has 5 aliphatic heterocycles. The van der Waals surface area contributed by atoms with Crippen LogP contribution in [0.5, 0.6) is 17.2 Å². The highest BCUT2D eigenvalue weighted by Gasteiger charge is 2.69. The number of aliphatic hydroxyl groups is 5. The highest BCUT2D eigenvalue weighted by atomic mass is 127. The number of hydrogen-bond acceptors (Lipinski definition) is 25. The molecule has 3 unspecified atom stereocenters. The summed E-state index contributed by atoms with van der Waals surface area (Å²) in [5.41, 5.74) is 3.32. The van der Waals surface area contributed by atoms with E-state index in [0.29, 0.717) is 38.1 Å². The van der Waals surface area contributed by atoms with E-state index < -0.39 is 131 Å². The molecule has 8 N–H and O–H groups in total. The fraction of sp³-hybridized carbons (Fsp3) is 0.685. The first-order valence-electron chi connectivity index (χ1n) is 26.9. The van der Waals surface area contributed by atoms with Crippen molar-refractivity contribution in [2.24, 2.45) is 0 Å². The average molecular weight is 1290 g/mol. The molecule has 2 aliphatic carbocycles. The zero-order chi connectivity index (χ0) is 58.4. The maximum absolute atomic E-state index is 14.4. The number of likely N-dealkylation sites (N-methyl/N-ethyl adjacent to an activating group) is 1. The van der Waals surface area contributed by atoms with Gasteiger partial charge in [-0.25, -0.2) is 4.79 Å². The van der Waals surface area contributed by atoms with E-state index in [9.17, 15) is 39.9 Å². The van der Waals surface area contributed by atoms with Gasteiger partial charge in [-0.3, -0.25) is 14.4 Å². The molecule has 0 aromatic heterocycles. The van der Waals surface area contributed by atoms with Crippen molar-refractivity contribution in [2.75, 3.05) is 54.5 Å². The fourth-order valence-corrected chi connectivity index (χ4v) is 15.7. The highest BCUT2D eigenvalue weighted by molar-refractivity contribution is 14.1. The van der Waals surface area contributed by atoms with Crippen molar-refractivity contribution in [3.63, 3.8) is 0 Å². The molecular weight excluding hydrogens is 1220 g/mol. The number of ether oxygens (including phenoxy) is 12. The number of benzene rings is 2. The second kappa shape index (κ2) is 25.9. The van der Waals surface area contributed by atoms with E-state index in [1.165, 1.54) is 40.2 Å². The quantitative estimate of drug-likeness (QED) is 0.0604. The van der Waals surface area contributed by atoms with E-state index in [1.807, 2.05) is 35.6 Å². The Morgan fingerprint density at radius 2 is 1.59 bits per heavy atom. The van der Waals surface area contributed by atoms with Crippen LogP contribution in [0.4, 0.5) is 4.79 Å². The summed E-state index contributed by atoms with van der Waals surface area (Å²) in [7, 11) is 6.89. The minimum atomic E-state index is -1.70. The van der Waals surface area contributed by atoms with Gasteiger partial charge in [0.25, 0.3) is 0 Å². The third-order valence-electron chi connectivity index (χ3n) is 16.4. The Morgan fingerprint density at radius 1 is 0.864 bits per heavy atom. The van der Waals surface area contributed by atoms with E-state index in [4.69, 9.17) is 61.7 Å². The van der Waals surface area contributed by atoms with Crippen LogP contribution < -0.4 is 30.3 Å². The van der Waals surface area contributed by atoms with Gasteiger partial charge in [0.2, 0.25) is 17.2 Å². The van der Waals surface area contributed by atoms with E-state index >= 15 is 0 Å². The van der Waals surface area contributed by atoms with Gasteiger partial charge in [0, 0.05) is 39.2 Å². The Bertz CT molecular complexity index is 2630. The summed E-state index contributed by atoms with van der Waals surface area (Å²) in [5, 5.41) is 63.3. The molecule has 2 bridgehead atoms. The zero-order valence-corrected chi connectivity index (χ0v) is 50.4. The van der Waals surface area contributed by atoms with Crippen molar-refractivity contribution in [2.45, 2.75) is 180 Å². The number of rotatable bonds is 18. The number of carbonyl (C=O) groups excluding carboxylic acids is 3. The van der Waals surface area contributed by atoms with Crippen LogP contribution in [0.2, 0.25) is 0 Å². The van der Waals surface area contributed by atoms with Crippen molar-refractivity contribution < 1.29 is 102 Å². The lowest BCUT2D eigenvalue weighted by Crippen LogP contribution is -2.69. The summed E-state index contributed by atoms with van der Waals surface area (Å²) in [4.78, 5) is 47.8. The summed E-state index contributed by atoms with van der Waals surface area (Å²) in [6.45, 7) is 9.57. The Hall–Kier alpha value is -3.02. The number of ketones is 1. The van der Waals surface area contributed by atoms with Crippen LogP contribution >= 0.6 is 46.1 Å². The van der Waals surface area contributed by atoms with Gasteiger partial charge in [0.1, 0.15) is 48.3 Å². The normalized spacial score (nSPS) is 39.2. The fourth-order valence-electron chi connectivity index (χ4n) is 12.3. The molecule has 21 atom stereocenters. The van der Waals surface area contributed by atoms with Crippen LogP contribution in [-0.4, -0.2) is 211 Å². The van der Waals surface area contributed by atoms with Gasteiger partial charge in [-0.1, -0.05) is 49.0 Å². The molecule has 4 saturated heterocycles. The lowest BCUT2D eigenvalue weighted by atomic mass is 9.59. The Morgan fingerprint density at radius 3 is 2.27 bits per heavy atom. The number of carbonyl (C=O) groups is 3. The summed E-state index contributed by atoms with van der Waals surface area (Å²) in [6.07, 6.45) is -15.1. The number of amides is 1. The van der Waals surface area contributed by atoms with Crippen LogP contribution in [-0.2, 0) is 57.9 Å². The van der Waals surface area contributed by atoms with Gasteiger partial charge in [-0.15, -0.1) is 11.8 Å². The molecule has 450 valence electrons. The zero-order valence-electron chi connectivity index (χ0n) is 46.6. The first kappa shape index (κ1) is 62.5. The molecule has 0 radical (unpaired) electrons. The van der Waals surface area contributed by atoms with Crippen LogP contribution in [0.3, 0.4) is 0 Å². The molecule has 81 heavy (non-hydrogen) atoms. The average Bonchev–Trinajstić information content (AvgIpc) is 4.15. The maximum Gasteiger partial charge on any atom is 0.407 e. The Labute approximate surface area is 491 Å². The number of thioether (sulfide) groups is 2. The number of methoxy groups -OCH3 is 5. The third-order valence-corrected chi connectivity index (χ3v) is 20.5. The summed E-state index contributed by atoms with van der Waals surface area (Å²) in [6, 6.07) is 4.71. The molecule has 2 aromatic carbocycles. The number of aliphatic hydroxyl groups excluding tert-OH is 4. The van der Waals surface area contributed by atoms with Gasteiger partial charge < -0.3 is 93.0 Å². The molecular formula is C54H74IN3O21S2. The number of hydrogen-bond donors (Lipinski definition) is 8. The molecule has 5 fully saturated rings. The number of Topliss-reactive ketones (excluding diaryl/α,β-unsaturated/α-hetero) is 1. The summed E-state index contributed by atoms with van der Waals surface area (Å²) < 4.78 is 71.9. The predicted octanol–water partition coefficient (Wildman–Crippen LogP) is 2.40. The first-order chi connectivity index (χ1) is 38.7. The molecule has 5 heterocycles. The smallest absolute Gasteiger partial charge is 0.407 e. The number of alkyl carbamates (subject to hydrolysis) is 1. The monoisotopic (exact) mass is 1290 g/mol. The molecule has 27 heteroatoms. The van der Waals surface area contributed by atoms with Gasteiger partial charge in [0.15, 0.2) is 36.2 Å². The van der Waals surface area contributed by atoms with Crippen LogP contribution in [0.15, 0.2) is 35.9 Å². The van der Waals surface area contributed by atoms with Crippen LogP contribution in [0.1, 0.15) is 80.1 Å². The number of hydroxylamine groups is 1. The highest BCUT2D eigenvalue weighted by Crippen LogP contribution is 2.65. The minimum absolute atomic E-state index is 0.0377. The van der Waals surface area contributed by atoms with E-state index in [0.717, 1.165) is 11.8 Å². The standard InChI is InChI=1S/C54H74IN3O21S2/c1-11-56-28-21-72-33(19-31(28)67-6)76-44-39(62)37(23(3)74-51(44)78-48-26-14-12-13-15-27(26)53(66)20-30(60)47(57-52(65)71-10)54(48)32(53)16-17-80-54)58-79-34-18-29(59)46(25(5)73-34)81-49(64)35-22(2)36(55)42(45(70-9)41(35)68-7)77-50-40(63)43(69-8)38(61)24(4)75-50/h12-16,23-25,28-29,31,33-34,37-40,43-44,46-48,50-51,56,58-59,61-63,66H,11,17-21H2,1-10H3,(H,57,65)/t23-,24+,25-,28+,29+,31+,33+,34+,37-,38+,39+,40-,43-,44-,46-,47+,48?,50?,51+,53+,54?/m1/s1. The molecule has 9 rings (SSSR count). The SMILES string of the molecule is CCN[C@H]1CO[C@@H](O[C@H]2[C@H](OC3c4ccccc4[C@@]4(O)CC(=O)[C@H](NC(=O)OC)C35SCC=C54)O[C@H](C)[C@@H](NO[C@H]3C[C@H](O)[C@H](SC(=O)c4c(C)c(I)c(OC5O[C@@H](C)[C@H](O)[C@@H](OC)[C@H]5O)c(OC)c4OC)[C@@H](C)O3)[C@@H]2O)C[C@@H]1OC. The summed E-state index contributed by atoms with van der Waals surface area (Å²) >= 11 is 4.19. The van der Waals surface area contributed by atoms with Crippen molar-refractivity contribution >= 4 is 63.1 Å². The Kier molecular flexibility index (Phi) is 20.0.